The number of halogens is 1. The summed E-state index contributed by atoms with van der Waals surface area (Å²) in [4.78, 5) is 2.14. The van der Waals surface area contributed by atoms with E-state index in [0.717, 1.165) is 25.3 Å². The molecule has 1 rings (SSSR count). The minimum Gasteiger partial charge on any atom is -1.00 e. The smallest absolute Gasteiger partial charge is 0.122 e. The van der Waals surface area contributed by atoms with Crippen LogP contribution in [0.1, 0.15) is 38.2 Å². The molecule has 0 aliphatic heterocycles. The molecule has 1 aromatic carbocycles. The Hall–Kier alpha value is -0.730. The van der Waals surface area contributed by atoms with Gasteiger partial charge in [-0.2, -0.15) is 0 Å². The van der Waals surface area contributed by atoms with Crippen LogP contribution in [0, 0.1) is 0 Å². The molecule has 0 unspecified atom stereocenters. The molecule has 2 nitrogen and oxygen atoms in total. The minimum atomic E-state index is 0. The Morgan fingerprint density at radius 1 is 1.05 bits per heavy atom. The molecule has 0 atom stereocenters. The third-order valence-electron chi connectivity index (χ3n) is 3.07. The van der Waals surface area contributed by atoms with E-state index in [-0.39, 0.29) is 12.4 Å². The zero-order valence-electron chi connectivity index (χ0n) is 12.5. The number of unbranched alkanes of at least 4 members (excludes halogenated alkanes) is 3. The van der Waals surface area contributed by atoms with Crippen molar-refractivity contribution in [3.05, 3.63) is 29.8 Å². The van der Waals surface area contributed by atoms with Crippen LogP contribution in [-0.4, -0.2) is 32.1 Å². The second-order valence-electron chi connectivity index (χ2n) is 5.07. The lowest BCUT2D eigenvalue weighted by Gasteiger charge is -2.14. The molecule has 110 valence electrons. The van der Waals surface area contributed by atoms with Gasteiger partial charge in [0, 0.05) is 6.54 Å². The van der Waals surface area contributed by atoms with Gasteiger partial charge in [0.25, 0.3) is 0 Å². The molecule has 0 radical (unpaired) electrons. The van der Waals surface area contributed by atoms with Crippen molar-refractivity contribution in [2.45, 2.75) is 39.0 Å². The number of hydrogen-bond donors (Lipinski definition) is 0. The standard InChI is InChI=1S/C16H27NO.ClH/c1-4-5-6-7-10-15-11-8-9-12-16(15)18-14-13-17(2)3;/h8-9,11-12H,4-7,10,13-14H2,1-3H3;1H/p-1. The first-order valence-electron chi connectivity index (χ1n) is 7.09. The molecule has 0 saturated heterocycles. The average Bonchev–Trinajstić information content (AvgIpc) is 2.36. The Balaban J connectivity index is 0.00000324. The highest BCUT2D eigenvalue weighted by molar-refractivity contribution is 5.33. The molecule has 0 bridgehead atoms. The Labute approximate surface area is 124 Å². The molecule has 0 aromatic heterocycles. The SMILES string of the molecule is CCCCCCc1ccccc1OCCN(C)C.[Cl-]. The highest BCUT2D eigenvalue weighted by atomic mass is 35.5. The lowest BCUT2D eigenvalue weighted by Crippen LogP contribution is -3.00. The quantitative estimate of drug-likeness (QED) is 0.621. The van der Waals surface area contributed by atoms with E-state index in [1.54, 1.807) is 0 Å². The molecular weight excluding hydrogens is 258 g/mol. The maximum Gasteiger partial charge on any atom is 0.122 e. The van der Waals surface area contributed by atoms with Gasteiger partial charge in [0.1, 0.15) is 12.4 Å². The average molecular weight is 285 g/mol. The van der Waals surface area contributed by atoms with Gasteiger partial charge in [0.2, 0.25) is 0 Å². The van der Waals surface area contributed by atoms with Crippen LogP contribution in [0.25, 0.3) is 0 Å². The molecule has 0 spiro atoms. The molecule has 0 N–H and O–H groups in total. The van der Waals surface area contributed by atoms with Gasteiger partial charge in [0.05, 0.1) is 0 Å². The Bertz CT molecular complexity index is 328. The van der Waals surface area contributed by atoms with E-state index < -0.39 is 0 Å². The Morgan fingerprint density at radius 3 is 2.47 bits per heavy atom. The van der Waals surface area contributed by atoms with Gasteiger partial charge in [0.15, 0.2) is 0 Å². The maximum atomic E-state index is 5.86. The van der Waals surface area contributed by atoms with Gasteiger partial charge >= 0.3 is 0 Å². The molecule has 0 amide bonds. The number of rotatable bonds is 9. The van der Waals surface area contributed by atoms with Crippen LogP contribution in [0.2, 0.25) is 0 Å². The molecular formula is C16H27ClNO-. The first-order chi connectivity index (χ1) is 8.74. The van der Waals surface area contributed by atoms with Crippen LogP contribution in [0.5, 0.6) is 5.75 Å². The molecule has 0 fully saturated rings. The molecule has 3 heteroatoms. The Kier molecular flexibility index (Phi) is 10.7. The van der Waals surface area contributed by atoms with Crippen LogP contribution in [0.3, 0.4) is 0 Å². The summed E-state index contributed by atoms with van der Waals surface area (Å²) < 4.78 is 5.86. The van der Waals surface area contributed by atoms with Crippen molar-refractivity contribution in [3.8, 4) is 5.75 Å². The molecule has 0 heterocycles. The predicted octanol–water partition coefficient (Wildman–Crippen LogP) is 0.754. The van der Waals surface area contributed by atoms with Crippen molar-refractivity contribution in [1.82, 2.24) is 4.90 Å². The monoisotopic (exact) mass is 284 g/mol. The van der Waals surface area contributed by atoms with Crippen LogP contribution in [0.4, 0.5) is 0 Å². The number of benzene rings is 1. The van der Waals surface area contributed by atoms with Crippen molar-refractivity contribution in [2.24, 2.45) is 0 Å². The second-order valence-corrected chi connectivity index (χ2v) is 5.07. The van der Waals surface area contributed by atoms with Gasteiger partial charge in [-0.15, -0.1) is 0 Å². The maximum absolute atomic E-state index is 5.86. The van der Waals surface area contributed by atoms with E-state index in [1.165, 1.54) is 31.2 Å². The lowest BCUT2D eigenvalue weighted by molar-refractivity contribution is -0.00000448. The minimum absolute atomic E-state index is 0. The number of nitrogens with zero attached hydrogens (tertiary/aromatic N) is 1. The number of aryl methyl sites for hydroxylation is 1. The highest BCUT2D eigenvalue weighted by Gasteiger charge is 2.02. The summed E-state index contributed by atoms with van der Waals surface area (Å²) in [5, 5.41) is 0. The first kappa shape index (κ1) is 18.3. The number of ether oxygens (including phenoxy) is 1. The van der Waals surface area contributed by atoms with Gasteiger partial charge in [-0.05, 0) is 38.6 Å². The van der Waals surface area contributed by atoms with Gasteiger partial charge in [-0.1, -0.05) is 44.4 Å². The summed E-state index contributed by atoms with van der Waals surface area (Å²) in [5.74, 6) is 1.07. The van der Waals surface area contributed by atoms with Gasteiger partial charge < -0.3 is 22.0 Å². The van der Waals surface area contributed by atoms with E-state index in [9.17, 15) is 0 Å². The van der Waals surface area contributed by atoms with Crippen LogP contribution >= 0.6 is 0 Å². The second kappa shape index (κ2) is 11.1. The topological polar surface area (TPSA) is 12.5 Å². The number of likely N-dealkylation sites (N-methyl/N-ethyl adjacent to an activating group) is 1. The predicted molar refractivity (Wildman–Crippen MR) is 78.3 cm³/mol. The third-order valence-corrected chi connectivity index (χ3v) is 3.07. The van der Waals surface area contributed by atoms with Crippen molar-refractivity contribution in [1.29, 1.82) is 0 Å². The Morgan fingerprint density at radius 2 is 1.79 bits per heavy atom. The van der Waals surface area contributed by atoms with Crippen LogP contribution in [-0.2, 0) is 6.42 Å². The first-order valence-corrected chi connectivity index (χ1v) is 7.09. The fraction of sp³-hybridized carbons (Fsp3) is 0.625. The van der Waals surface area contributed by atoms with Crippen LogP contribution in [0.15, 0.2) is 24.3 Å². The molecule has 19 heavy (non-hydrogen) atoms. The molecule has 0 saturated carbocycles. The van der Waals surface area contributed by atoms with Crippen molar-refractivity contribution in [2.75, 3.05) is 27.2 Å². The third kappa shape index (κ3) is 8.12. The lowest BCUT2D eigenvalue weighted by atomic mass is 10.1. The van der Waals surface area contributed by atoms with Crippen molar-refractivity contribution < 1.29 is 17.1 Å². The zero-order valence-corrected chi connectivity index (χ0v) is 13.2. The summed E-state index contributed by atoms with van der Waals surface area (Å²) in [6.07, 6.45) is 6.35. The van der Waals surface area contributed by atoms with E-state index in [2.05, 4.69) is 50.2 Å². The van der Waals surface area contributed by atoms with E-state index in [4.69, 9.17) is 4.74 Å². The van der Waals surface area contributed by atoms with E-state index in [1.807, 2.05) is 0 Å². The normalized spacial score (nSPS) is 10.3. The highest BCUT2D eigenvalue weighted by Crippen LogP contribution is 2.20. The van der Waals surface area contributed by atoms with E-state index >= 15 is 0 Å². The summed E-state index contributed by atoms with van der Waals surface area (Å²) in [6, 6.07) is 8.44. The number of hydrogen-bond acceptors (Lipinski definition) is 2. The van der Waals surface area contributed by atoms with Crippen LogP contribution < -0.4 is 17.1 Å². The summed E-state index contributed by atoms with van der Waals surface area (Å²) >= 11 is 0. The fourth-order valence-corrected chi connectivity index (χ4v) is 1.93. The van der Waals surface area contributed by atoms with E-state index in [0.29, 0.717) is 0 Å². The zero-order chi connectivity index (χ0) is 13.2. The molecule has 0 aliphatic carbocycles. The summed E-state index contributed by atoms with van der Waals surface area (Å²) in [6.45, 7) is 3.97. The summed E-state index contributed by atoms with van der Waals surface area (Å²) in [5.41, 5.74) is 1.35. The van der Waals surface area contributed by atoms with Crippen molar-refractivity contribution in [3.63, 3.8) is 0 Å². The van der Waals surface area contributed by atoms with Gasteiger partial charge in [-0.3, -0.25) is 0 Å². The fourth-order valence-electron chi connectivity index (χ4n) is 1.93. The molecule has 0 aliphatic rings. The molecule has 1 aromatic rings. The van der Waals surface area contributed by atoms with Gasteiger partial charge in [-0.25, -0.2) is 0 Å². The largest absolute Gasteiger partial charge is 1.00 e. The van der Waals surface area contributed by atoms with Crippen molar-refractivity contribution >= 4 is 0 Å². The summed E-state index contributed by atoms with van der Waals surface area (Å²) in [7, 11) is 4.14. The number of para-hydroxylation sites is 1.